The lowest BCUT2D eigenvalue weighted by atomic mass is 10.2. The number of carbonyl (C=O) groups is 2. The van der Waals surface area contributed by atoms with Crippen LogP contribution < -0.4 is 14.8 Å². The Morgan fingerprint density at radius 2 is 1.64 bits per heavy atom. The number of hydrogen-bond acceptors (Lipinski definition) is 7. The molecule has 0 saturated heterocycles. The van der Waals surface area contributed by atoms with Gasteiger partial charge < -0.3 is 19.5 Å². The number of ether oxygens (including phenoxy) is 3. The summed E-state index contributed by atoms with van der Waals surface area (Å²) in [4.78, 5) is 33.0. The van der Waals surface area contributed by atoms with Crippen molar-refractivity contribution >= 4 is 28.6 Å². The number of nitrogens with one attached hydrogen (secondary N) is 1. The summed E-state index contributed by atoms with van der Waals surface area (Å²) < 4.78 is 15.6. The summed E-state index contributed by atoms with van der Waals surface area (Å²) in [5.41, 5.74) is 2.02. The summed E-state index contributed by atoms with van der Waals surface area (Å²) >= 11 is 0. The first kappa shape index (κ1) is 19.1. The summed E-state index contributed by atoms with van der Waals surface area (Å²) in [5, 5.41) is 2.68. The van der Waals surface area contributed by atoms with Gasteiger partial charge in [-0.2, -0.15) is 0 Å². The van der Waals surface area contributed by atoms with E-state index in [2.05, 4.69) is 15.3 Å². The van der Waals surface area contributed by atoms with Crippen LogP contribution in [0.4, 0.5) is 5.69 Å². The van der Waals surface area contributed by atoms with Crippen LogP contribution in [-0.2, 0) is 9.53 Å². The average molecular weight is 381 g/mol. The van der Waals surface area contributed by atoms with E-state index in [0.29, 0.717) is 33.8 Å². The zero-order valence-corrected chi connectivity index (χ0v) is 15.6. The molecule has 0 saturated carbocycles. The molecule has 0 unspecified atom stereocenters. The van der Waals surface area contributed by atoms with Gasteiger partial charge in [0.2, 0.25) is 0 Å². The summed E-state index contributed by atoms with van der Waals surface area (Å²) in [5.74, 6) is -0.0785. The highest BCUT2D eigenvalue weighted by molar-refractivity contribution is 5.98. The number of rotatable bonds is 6. The number of amides is 1. The van der Waals surface area contributed by atoms with E-state index in [1.165, 1.54) is 27.3 Å². The SMILES string of the molecule is COc1ccc(NC(=O)[C@H](C)OC(=O)c2ccc3nccnc3c2)cc1OC. The average Bonchev–Trinajstić information content (AvgIpc) is 2.73. The number of fused-ring (bicyclic) bond motifs is 1. The predicted octanol–water partition coefficient (Wildman–Crippen LogP) is 2.83. The maximum atomic E-state index is 12.4. The number of nitrogens with zero attached hydrogens (tertiary/aromatic N) is 2. The summed E-state index contributed by atoms with van der Waals surface area (Å²) in [6, 6.07) is 9.78. The van der Waals surface area contributed by atoms with E-state index in [0.717, 1.165) is 0 Å². The zero-order valence-electron chi connectivity index (χ0n) is 15.6. The molecule has 28 heavy (non-hydrogen) atoms. The van der Waals surface area contributed by atoms with E-state index in [4.69, 9.17) is 14.2 Å². The second-order valence-electron chi connectivity index (χ2n) is 5.87. The van der Waals surface area contributed by atoms with Gasteiger partial charge in [0.15, 0.2) is 17.6 Å². The minimum Gasteiger partial charge on any atom is -0.493 e. The number of hydrogen-bond donors (Lipinski definition) is 1. The topological polar surface area (TPSA) is 99.6 Å². The zero-order chi connectivity index (χ0) is 20.1. The summed E-state index contributed by atoms with van der Waals surface area (Å²) in [7, 11) is 3.03. The number of carbonyl (C=O) groups excluding carboxylic acids is 2. The van der Waals surface area contributed by atoms with Crippen LogP contribution in [0, 0.1) is 0 Å². The van der Waals surface area contributed by atoms with Crippen molar-refractivity contribution in [1.82, 2.24) is 9.97 Å². The molecule has 0 aliphatic rings. The third-order valence-electron chi connectivity index (χ3n) is 4.01. The predicted molar refractivity (Wildman–Crippen MR) is 103 cm³/mol. The first-order valence-corrected chi connectivity index (χ1v) is 8.46. The van der Waals surface area contributed by atoms with Crippen LogP contribution >= 0.6 is 0 Å². The normalized spacial score (nSPS) is 11.5. The van der Waals surface area contributed by atoms with Crippen LogP contribution in [0.1, 0.15) is 17.3 Å². The Labute approximate surface area is 161 Å². The van der Waals surface area contributed by atoms with Gasteiger partial charge >= 0.3 is 5.97 Å². The molecule has 0 radical (unpaired) electrons. The fraction of sp³-hybridized carbons (Fsp3) is 0.200. The van der Waals surface area contributed by atoms with Crippen LogP contribution in [0.25, 0.3) is 11.0 Å². The molecular formula is C20H19N3O5. The molecule has 1 atom stereocenters. The lowest BCUT2D eigenvalue weighted by molar-refractivity contribution is -0.123. The van der Waals surface area contributed by atoms with Crippen molar-refractivity contribution in [2.45, 2.75) is 13.0 Å². The number of benzene rings is 2. The minimum absolute atomic E-state index is 0.291. The van der Waals surface area contributed by atoms with Gasteiger partial charge in [-0.05, 0) is 37.3 Å². The molecule has 1 heterocycles. The van der Waals surface area contributed by atoms with E-state index >= 15 is 0 Å². The largest absolute Gasteiger partial charge is 0.493 e. The molecule has 1 N–H and O–H groups in total. The molecule has 0 bridgehead atoms. The first-order chi connectivity index (χ1) is 13.5. The van der Waals surface area contributed by atoms with Crippen LogP contribution in [0.15, 0.2) is 48.8 Å². The molecule has 0 aliphatic heterocycles. The van der Waals surface area contributed by atoms with Gasteiger partial charge in [0.1, 0.15) is 0 Å². The van der Waals surface area contributed by atoms with Gasteiger partial charge in [-0.1, -0.05) is 0 Å². The highest BCUT2D eigenvalue weighted by Gasteiger charge is 2.20. The van der Waals surface area contributed by atoms with E-state index in [9.17, 15) is 9.59 Å². The van der Waals surface area contributed by atoms with Crippen molar-refractivity contribution in [3.05, 3.63) is 54.4 Å². The number of esters is 1. The lowest BCUT2D eigenvalue weighted by Gasteiger charge is -2.15. The van der Waals surface area contributed by atoms with Crippen molar-refractivity contribution in [3.8, 4) is 11.5 Å². The van der Waals surface area contributed by atoms with Crippen molar-refractivity contribution in [2.24, 2.45) is 0 Å². The van der Waals surface area contributed by atoms with Crippen molar-refractivity contribution < 1.29 is 23.8 Å². The molecule has 1 aromatic heterocycles. The van der Waals surface area contributed by atoms with Crippen molar-refractivity contribution in [1.29, 1.82) is 0 Å². The van der Waals surface area contributed by atoms with E-state index in [1.54, 1.807) is 42.6 Å². The highest BCUT2D eigenvalue weighted by Crippen LogP contribution is 2.29. The van der Waals surface area contributed by atoms with Gasteiger partial charge in [-0.15, -0.1) is 0 Å². The smallest absolute Gasteiger partial charge is 0.338 e. The molecule has 2 aromatic carbocycles. The van der Waals surface area contributed by atoms with Crippen molar-refractivity contribution in [3.63, 3.8) is 0 Å². The minimum atomic E-state index is -1.00. The van der Waals surface area contributed by atoms with Crippen LogP contribution in [-0.4, -0.2) is 42.2 Å². The first-order valence-electron chi connectivity index (χ1n) is 8.46. The highest BCUT2D eigenvalue weighted by atomic mass is 16.5. The molecule has 0 spiro atoms. The standard InChI is InChI=1S/C20H19N3O5/c1-12(19(24)23-14-5-7-17(26-2)18(11-14)27-3)28-20(25)13-4-6-15-16(10-13)22-9-8-21-15/h4-12H,1-3H3,(H,23,24)/t12-/m0/s1. The Balaban J connectivity index is 1.66. The van der Waals surface area contributed by atoms with E-state index < -0.39 is 18.0 Å². The van der Waals surface area contributed by atoms with Crippen LogP contribution in [0.2, 0.25) is 0 Å². The quantitative estimate of drug-likeness (QED) is 0.655. The van der Waals surface area contributed by atoms with Gasteiger partial charge in [0.05, 0.1) is 30.8 Å². The lowest BCUT2D eigenvalue weighted by Crippen LogP contribution is -2.30. The van der Waals surface area contributed by atoms with Gasteiger partial charge in [0.25, 0.3) is 5.91 Å². The Bertz CT molecular complexity index is 1020. The Morgan fingerprint density at radius 3 is 2.36 bits per heavy atom. The maximum absolute atomic E-state index is 12.4. The molecule has 3 aromatic rings. The molecule has 0 aliphatic carbocycles. The second-order valence-corrected chi connectivity index (χ2v) is 5.87. The van der Waals surface area contributed by atoms with Gasteiger partial charge in [0, 0.05) is 24.1 Å². The molecule has 1 amide bonds. The third-order valence-corrected chi connectivity index (χ3v) is 4.01. The molecule has 8 nitrogen and oxygen atoms in total. The second kappa shape index (κ2) is 8.34. The van der Waals surface area contributed by atoms with E-state index in [-0.39, 0.29) is 0 Å². The van der Waals surface area contributed by atoms with Crippen LogP contribution in [0.3, 0.4) is 0 Å². The summed E-state index contributed by atoms with van der Waals surface area (Å²) in [6.45, 7) is 1.49. The molecule has 0 fully saturated rings. The van der Waals surface area contributed by atoms with Crippen molar-refractivity contribution in [2.75, 3.05) is 19.5 Å². The fourth-order valence-electron chi connectivity index (χ4n) is 2.53. The monoisotopic (exact) mass is 381 g/mol. The molecule has 3 rings (SSSR count). The molecule has 8 heteroatoms. The molecular weight excluding hydrogens is 362 g/mol. The van der Waals surface area contributed by atoms with Gasteiger partial charge in [-0.3, -0.25) is 14.8 Å². The Morgan fingerprint density at radius 1 is 0.929 bits per heavy atom. The molecule has 144 valence electrons. The summed E-state index contributed by atoms with van der Waals surface area (Å²) in [6.07, 6.45) is 2.11. The van der Waals surface area contributed by atoms with E-state index in [1.807, 2.05) is 0 Å². The number of anilines is 1. The Hall–Kier alpha value is -3.68. The van der Waals surface area contributed by atoms with Crippen LogP contribution in [0.5, 0.6) is 11.5 Å². The fourth-order valence-corrected chi connectivity index (χ4v) is 2.53. The number of aromatic nitrogens is 2. The third kappa shape index (κ3) is 4.17. The number of methoxy groups -OCH3 is 2. The maximum Gasteiger partial charge on any atom is 0.338 e. The Kier molecular flexibility index (Phi) is 5.69. The van der Waals surface area contributed by atoms with Gasteiger partial charge in [-0.25, -0.2) is 4.79 Å².